The highest BCUT2D eigenvalue weighted by Gasteiger charge is 2.18. The van der Waals surface area contributed by atoms with Crippen molar-refractivity contribution in [3.8, 4) is 0 Å². The summed E-state index contributed by atoms with van der Waals surface area (Å²) in [6, 6.07) is 0. The summed E-state index contributed by atoms with van der Waals surface area (Å²) in [7, 11) is 0. The van der Waals surface area contributed by atoms with Crippen molar-refractivity contribution in [1.29, 1.82) is 0 Å². The van der Waals surface area contributed by atoms with Crippen LogP contribution in [0.5, 0.6) is 0 Å². The largest absolute Gasteiger partial charge is 0.120 e. The van der Waals surface area contributed by atoms with Gasteiger partial charge in [-0.15, -0.1) is 29.8 Å². The molecule has 0 heterocycles. The molecule has 0 aliphatic carbocycles. The zero-order valence-corrected chi connectivity index (χ0v) is 9.67. The molecule has 0 N–H and O–H groups in total. The zero-order chi connectivity index (χ0) is 9.83. The number of hydrogen-bond acceptors (Lipinski definition) is 0. The van der Waals surface area contributed by atoms with Crippen LogP contribution < -0.4 is 0 Å². The van der Waals surface area contributed by atoms with Gasteiger partial charge in [-0.2, -0.15) is 0 Å². The normalized spacial score (nSPS) is 17.1. The fraction of sp³-hybridized carbons (Fsp3) is 0.800. The first-order valence-electron chi connectivity index (χ1n) is 4.28. The average molecular weight is 209 g/mol. The number of hydrogen-bond donors (Lipinski definition) is 0. The fourth-order valence-corrected chi connectivity index (χ4v) is 1.22. The molecule has 0 nitrogen and oxygen atoms in total. The molecule has 0 aromatic rings. The van der Waals surface area contributed by atoms with E-state index in [0.717, 1.165) is 19.3 Å². The highest BCUT2D eigenvalue weighted by Crippen LogP contribution is 2.27. The first-order valence-corrected chi connectivity index (χ1v) is 5.04. The molecule has 0 saturated carbocycles. The summed E-state index contributed by atoms with van der Waals surface area (Å²) in [5.74, 6) is 0. The van der Waals surface area contributed by atoms with Crippen molar-refractivity contribution in [3.05, 3.63) is 12.7 Å². The second-order valence-electron chi connectivity index (χ2n) is 4.05. The first-order chi connectivity index (χ1) is 5.27. The Bertz CT molecular complexity index is 142. The van der Waals surface area contributed by atoms with E-state index in [1.807, 2.05) is 20.8 Å². The van der Waals surface area contributed by atoms with E-state index in [1.165, 1.54) is 0 Å². The van der Waals surface area contributed by atoms with E-state index in [-0.39, 0.29) is 9.75 Å². The molecule has 0 fully saturated rings. The number of alkyl halides is 2. The van der Waals surface area contributed by atoms with Gasteiger partial charge in [0.25, 0.3) is 0 Å². The Morgan fingerprint density at radius 3 is 2.00 bits per heavy atom. The van der Waals surface area contributed by atoms with Crippen LogP contribution in [0.1, 0.15) is 40.0 Å². The lowest BCUT2D eigenvalue weighted by Crippen LogP contribution is -2.15. The third-order valence-electron chi connectivity index (χ3n) is 1.86. The van der Waals surface area contributed by atoms with Crippen LogP contribution in [0.25, 0.3) is 0 Å². The molecule has 2 heteroatoms. The van der Waals surface area contributed by atoms with Gasteiger partial charge in [-0.1, -0.05) is 6.08 Å². The van der Waals surface area contributed by atoms with Crippen LogP contribution in [0.3, 0.4) is 0 Å². The second-order valence-corrected chi connectivity index (χ2v) is 5.94. The van der Waals surface area contributed by atoms with E-state index in [0.29, 0.717) is 0 Å². The molecule has 0 aliphatic heterocycles. The molecule has 0 saturated heterocycles. The molecule has 0 aromatic carbocycles. The summed E-state index contributed by atoms with van der Waals surface area (Å²) in [5, 5.41) is 0. The maximum absolute atomic E-state index is 6.09. The molecule has 72 valence electrons. The summed E-state index contributed by atoms with van der Waals surface area (Å²) in [6.07, 6.45) is 4.76. The molecule has 0 aliphatic rings. The van der Waals surface area contributed by atoms with Gasteiger partial charge < -0.3 is 0 Å². The van der Waals surface area contributed by atoms with Gasteiger partial charge in [0.1, 0.15) is 0 Å². The third kappa shape index (κ3) is 7.00. The summed E-state index contributed by atoms with van der Waals surface area (Å²) in [5.41, 5.74) is 0. The van der Waals surface area contributed by atoms with E-state index >= 15 is 0 Å². The van der Waals surface area contributed by atoms with Crippen LogP contribution in [0, 0.1) is 0 Å². The van der Waals surface area contributed by atoms with E-state index in [2.05, 4.69) is 6.58 Å². The molecule has 0 bridgehead atoms. The quantitative estimate of drug-likeness (QED) is 0.466. The molecule has 0 radical (unpaired) electrons. The van der Waals surface area contributed by atoms with Crippen molar-refractivity contribution in [3.63, 3.8) is 0 Å². The summed E-state index contributed by atoms with van der Waals surface area (Å²) in [4.78, 5) is -0.365. The smallest absolute Gasteiger partial charge is 0.0595 e. The SMILES string of the molecule is C=CC(C)(Cl)CCCC(C)(C)Cl. The van der Waals surface area contributed by atoms with Crippen molar-refractivity contribution in [2.75, 3.05) is 0 Å². The van der Waals surface area contributed by atoms with E-state index in [4.69, 9.17) is 23.2 Å². The van der Waals surface area contributed by atoms with Gasteiger partial charge in [0, 0.05) is 4.87 Å². The van der Waals surface area contributed by atoms with Gasteiger partial charge in [0.2, 0.25) is 0 Å². The van der Waals surface area contributed by atoms with Crippen LogP contribution in [0.2, 0.25) is 0 Å². The Hall–Kier alpha value is 0.320. The lowest BCUT2D eigenvalue weighted by molar-refractivity contribution is 0.538. The Kier molecular flexibility index (Phi) is 4.65. The van der Waals surface area contributed by atoms with Crippen molar-refractivity contribution in [2.45, 2.75) is 49.8 Å². The van der Waals surface area contributed by atoms with E-state index in [9.17, 15) is 0 Å². The molecular formula is C10H18Cl2. The number of halogens is 2. The van der Waals surface area contributed by atoms with Gasteiger partial charge in [0.05, 0.1) is 4.87 Å². The van der Waals surface area contributed by atoms with Crippen LogP contribution in [0.4, 0.5) is 0 Å². The highest BCUT2D eigenvalue weighted by atomic mass is 35.5. The van der Waals surface area contributed by atoms with Gasteiger partial charge in [-0.25, -0.2) is 0 Å². The molecule has 1 atom stereocenters. The third-order valence-corrected chi connectivity index (χ3v) is 2.39. The minimum absolute atomic E-state index is 0.103. The Balaban J connectivity index is 3.64. The minimum Gasteiger partial charge on any atom is -0.120 e. The van der Waals surface area contributed by atoms with E-state index < -0.39 is 0 Å². The topological polar surface area (TPSA) is 0 Å². The van der Waals surface area contributed by atoms with Gasteiger partial charge >= 0.3 is 0 Å². The van der Waals surface area contributed by atoms with Gasteiger partial charge in [-0.3, -0.25) is 0 Å². The Morgan fingerprint density at radius 1 is 1.17 bits per heavy atom. The molecule has 1 unspecified atom stereocenters. The average Bonchev–Trinajstić information content (AvgIpc) is 1.84. The lowest BCUT2D eigenvalue weighted by Gasteiger charge is -2.20. The molecule has 0 rings (SSSR count). The van der Waals surface area contributed by atoms with Crippen LogP contribution in [-0.4, -0.2) is 9.75 Å². The number of allylic oxidation sites excluding steroid dienone is 1. The summed E-state index contributed by atoms with van der Waals surface area (Å²) in [6.45, 7) is 9.70. The van der Waals surface area contributed by atoms with Crippen LogP contribution in [0.15, 0.2) is 12.7 Å². The van der Waals surface area contributed by atoms with Crippen LogP contribution in [-0.2, 0) is 0 Å². The zero-order valence-electron chi connectivity index (χ0n) is 8.16. The van der Waals surface area contributed by atoms with Crippen LogP contribution >= 0.6 is 23.2 Å². The van der Waals surface area contributed by atoms with Crippen molar-refractivity contribution in [1.82, 2.24) is 0 Å². The van der Waals surface area contributed by atoms with E-state index in [1.54, 1.807) is 6.08 Å². The molecular weight excluding hydrogens is 191 g/mol. The lowest BCUT2D eigenvalue weighted by atomic mass is 9.99. The van der Waals surface area contributed by atoms with Crippen molar-refractivity contribution < 1.29 is 0 Å². The highest BCUT2D eigenvalue weighted by molar-refractivity contribution is 6.25. The second kappa shape index (κ2) is 4.53. The minimum atomic E-state index is -0.262. The Labute approximate surface area is 85.9 Å². The fourth-order valence-electron chi connectivity index (χ4n) is 0.956. The standard InChI is InChI=1S/C10H18Cl2/c1-5-10(4,12)8-6-7-9(2,3)11/h5H,1,6-8H2,2-4H3. The van der Waals surface area contributed by atoms with Gasteiger partial charge in [0.15, 0.2) is 0 Å². The molecule has 0 aromatic heterocycles. The predicted molar refractivity (Wildman–Crippen MR) is 58.2 cm³/mol. The molecule has 12 heavy (non-hydrogen) atoms. The van der Waals surface area contributed by atoms with Crippen molar-refractivity contribution in [2.24, 2.45) is 0 Å². The maximum atomic E-state index is 6.09. The first kappa shape index (κ1) is 12.3. The van der Waals surface area contributed by atoms with Crippen molar-refractivity contribution >= 4 is 23.2 Å². The predicted octanol–water partition coefficient (Wildman–Crippen LogP) is 4.36. The van der Waals surface area contributed by atoms with Gasteiger partial charge in [-0.05, 0) is 40.0 Å². The summed E-state index contributed by atoms with van der Waals surface area (Å²) < 4.78 is 0. The molecule has 0 spiro atoms. The monoisotopic (exact) mass is 208 g/mol. The maximum Gasteiger partial charge on any atom is 0.0595 e. The molecule has 0 amide bonds. The summed E-state index contributed by atoms with van der Waals surface area (Å²) >= 11 is 12.1. The Morgan fingerprint density at radius 2 is 1.67 bits per heavy atom. The number of rotatable bonds is 5.